The zero-order valence-electron chi connectivity index (χ0n) is 15.8. The van der Waals surface area contributed by atoms with Crippen LogP contribution < -0.4 is 21.7 Å². The maximum atomic E-state index is 6.26. The quantitative estimate of drug-likeness (QED) is 0.607. The Labute approximate surface area is 167 Å². The summed E-state index contributed by atoms with van der Waals surface area (Å²) in [5, 5.41) is 3.53. The van der Waals surface area contributed by atoms with Crippen LogP contribution in [0.4, 0.5) is 23.3 Å². The van der Waals surface area contributed by atoms with Gasteiger partial charge < -0.3 is 31.0 Å². The van der Waals surface area contributed by atoms with Gasteiger partial charge in [0, 0.05) is 26.3 Å². The minimum atomic E-state index is -0.186. The molecule has 0 saturated carbocycles. The van der Waals surface area contributed by atoms with Crippen molar-refractivity contribution >= 4 is 45.9 Å². The van der Waals surface area contributed by atoms with Crippen LogP contribution in [0.1, 0.15) is 18.7 Å². The van der Waals surface area contributed by atoms with E-state index >= 15 is 0 Å². The largest absolute Gasteiger partial charge is 0.382 e. The van der Waals surface area contributed by atoms with Gasteiger partial charge in [-0.1, -0.05) is 11.6 Å². The number of hydrogen-bond acceptors (Lipinski definition) is 8. The highest BCUT2D eigenvalue weighted by atomic mass is 35.5. The molecule has 4 rings (SSSR count). The maximum Gasteiger partial charge on any atom is 0.224 e. The molecule has 0 amide bonds. The normalized spacial score (nSPS) is 15.8. The number of anilines is 4. The Morgan fingerprint density at radius 1 is 1.21 bits per heavy atom. The van der Waals surface area contributed by atoms with Gasteiger partial charge in [0.1, 0.15) is 10.8 Å². The van der Waals surface area contributed by atoms with Gasteiger partial charge in [-0.25, -0.2) is 4.98 Å². The summed E-state index contributed by atoms with van der Waals surface area (Å²) in [5.74, 6) is 0.599. The van der Waals surface area contributed by atoms with Crippen molar-refractivity contribution in [1.82, 2.24) is 19.5 Å². The van der Waals surface area contributed by atoms with E-state index in [2.05, 4.69) is 30.8 Å². The van der Waals surface area contributed by atoms with Gasteiger partial charge in [-0.3, -0.25) is 0 Å². The second-order valence-corrected chi connectivity index (χ2v) is 7.20. The first-order valence-corrected chi connectivity index (χ1v) is 9.45. The fraction of sp³-hybridized carbons (Fsp3) is 0.389. The minimum absolute atomic E-state index is 0.0662. The standard InChI is InChI=1S/C18H23ClN8O/c1-10(22-17-14(19)16(20)24-18(21)25-17)15-13(27-5-7-28-8-6-27)9-12-11(23-15)3-4-26(12)2/h3-4,9-10H,5-8H2,1-2H3,(H5,20,21,22,24,25)/t10-/m0/s1. The molecule has 1 aliphatic rings. The molecular weight excluding hydrogens is 380 g/mol. The van der Waals surface area contributed by atoms with E-state index in [1.807, 2.05) is 26.2 Å². The summed E-state index contributed by atoms with van der Waals surface area (Å²) in [7, 11) is 2.01. The Morgan fingerprint density at radius 2 is 1.96 bits per heavy atom. The van der Waals surface area contributed by atoms with Gasteiger partial charge in [-0.2, -0.15) is 9.97 Å². The highest BCUT2D eigenvalue weighted by Gasteiger charge is 2.22. The summed E-state index contributed by atoms with van der Waals surface area (Å²) in [6.45, 7) is 5.01. The van der Waals surface area contributed by atoms with Gasteiger partial charge in [-0.15, -0.1) is 0 Å². The second-order valence-electron chi connectivity index (χ2n) is 6.82. The fourth-order valence-electron chi connectivity index (χ4n) is 3.42. The summed E-state index contributed by atoms with van der Waals surface area (Å²) < 4.78 is 7.58. The van der Waals surface area contributed by atoms with Crippen molar-refractivity contribution in [3.8, 4) is 0 Å². The van der Waals surface area contributed by atoms with Gasteiger partial charge >= 0.3 is 0 Å². The average Bonchev–Trinajstić information content (AvgIpc) is 3.05. The van der Waals surface area contributed by atoms with Gasteiger partial charge in [0.15, 0.2) is 5.82 Å². The van der Waals surface area contributed by atoms with E-state index in [1.165, 1.54) is 0 Å². The maximum absolute atomic E-state index is 6.26. The van der Waals surface area contributed by atoms with Crippen molar-refractivity contribution in [2.24, 2.45) is 7.05 Å². The number of ether oxygens (including phenoxy) is 1. The molecule has 0 spiro atoms. The Balaban J connectivity index is 1.75. The number of nitrogens with two attached hydrogens (primary N) is 2. The number of morpholine rings is 1. The molecule has 9 nitrogen and oxygen atoms in total. The number of hydrogen-bond donors (Lipinski definition) is 3. The fourth-order valence-corrected chi connectivity index (χ4v) is 3.56. The smallest absolute Gasteiger partial charge is 0.224 e. The van der Waals surface area contributed by atoms with Crippen molar-refractivity contribution in [3.05, 3.63) is 29.0 Å². The number of rotatable bonds is 4. The molecule has 0 aromatic carbocycles. The summed E-state index contributed by atoms with van der Waals surface area (Å²) in [6, 6.07) is 3.99. The first-order valence-electron chi connectivity index (χ1n) is 9.07. The van der Waals surface area contributed by atoms with Crippen LogP contribution in [0.5, 0.6) is 0 Å². The van der Waals surface area contributed by atoms with E-state index in [-0.39, 0.29) is 22.8 Å². The molecule has 0 bridgehead atoms. The van der Waals surface area contributed by atoms with Crippen molar-refractivity contribution < 1.29 is 4.74 Å². The summed E-state index contributed by atoms with van der Waals surface area (Å²) in [5.41, 5.74) is 15.5. The lowest BCUT2D eigenvalue weighted by atomic mass is 10.1. The van der Waals surface area contributed by atoms with Crippen LogP contribution in [0, 0.1) is 0 Å². The number of aryl methyl sites for hydroxylation is 1. The number of aromatic nitrogens is 4. The predicted octanol–water partition coefficient (Wildman–Crippen LogP) is 2.19. The van der Waals surface area contributed by atoms with Gasteiger partial charge in [0.05, 0.1) is 41.7 Å². The third-order valence-electron chi connectivity index (χ3n) is 4.88. The van der Waals surface area contributed by atoms with Gasteiger partial charge in [0.25, 0.3) is 0 Å². The SMILES string of the molecule is C[C@H](Nc1nc(N)nc(N)c1Cl)c1nc2ccn(C)c2cc1N1CCOCC1. The molecule has 3 aromatic heterocycles. The highest BCUT2D eigenvalue weighted by Crippen LogP contribution is 2.33. The van der Waals surface area contributed by atoms with Crippen LogP contribution in [-0.4, -0.2) is 45.8 Å². The summed E-state index contributed by atoms with van der Waals surface area (Å²) in [6.07, 6.45) is 2.01. The van der Waals surface area contributed by atoms with Crippen LogP contribution in [-0.2, 0) is 11.8 Å². The molecule has 0 unspecified atom stereocenters. The minimum Gasteiger partial charge on any atom is -0.382 e. The Hall–Kier alpha value is -2.78. The van der Waals surface area contributed by atoms with E-state index in [1.54, 1.807) is 0 Å². The molecule has 5 N–H and O–H groups in total. The molecule has 1 aliphatic heterocycles. The number of nitrogens with one attached hydrogen (secondary N) is 1. The van der Waals surface area contributed by atoms with Gasteiger partial charge in [-0.05, 0) is 19.1 Å². The lowest BCUT2D eigenvalue weighted by molar-refractivity contribution is 0.122. The van der Waals surface area contributed by atoms with Crippen molar-refractivity contribution in [2.45, 2.75) is 13.0 Å². The zero-order valence-corrected chi connectivity index (χ0v) is 16.6. The molecule has 1 saturated heterocycles. The monoisotopic (exact) mass is 402 g/mol. The van der Waals surface area contributed by atoms with Crippen molar-refractivity contribution in [3.63, 3.8) is 0 Å². The molecule has 0 aliphatic carbocycles. The van der Waals surface area contributed by atoms with Crippen LogP contribution in [0.2, 0.25) is 5.02 Å². The van der Waals surface area contributed by atoms with E-state index in [0.717, 1.165) is 35.5 Å². The van der Waals surface area contributed by atoms with Crippen molar-refractivity contribution in [1.29, 1.82) is 0 Å². The van der Waals surface area contributed by atoms with E-state index in [4.69, 9.17) is 32.8 Å². The lowest BCUT2D eigenvalue weighted by Gasteiger charge is -2.31. The predicted molar refractivity (Wildman–Crippen MR) is 112 cm³/mol. The first-order chi connectivity index (χ1) is 13.4. The molecule has 4 heterocycles. The molecular formula is C18H23ClN8O. The first kappa shape index (κ1) is 18.6. The molecule has 3 aromatic rings. The lowest BCUT2D eigenvalue weighted by Crippen LogP contribution is -2.37. The Kier molecular flexibility index (Phi) is 4.86. The topological polar surface area (TPSA) is 120 Å². The molecule has 0 radical (unpaired) electrons. The van der Waals surface area contributed by atoms with E-state index in [0.29, 0.717) is 19.0 Å². The Bertz CT molecular complexity index is 1010. The van der Waals surface area contributed by atoms with Gasteiger partial charge in [0.2, 0.25) is 5.95 Å². The van der Waals surface area contributed by atoms with E-state index < -0.39 is 0 Å². The Morgan fingerprint density at radius 3 is 2.71 bits per heavy atom. The summed E-state index contributed by atoms with van der Waals surface area (Å²) in [4.78, 5) is 15.3. The molecule has 1 fully saturated rings. The van der Waals surface area contributed by atoms with Crippen LogP contribution in [0.25, 0.3) is 11.0 Å². The molecule has 28 heavy (non-hydrogen) atoms. The van der Waals surface area contributed by atoms with E-state index in [9.17, 15) is 0 Å². The molecule has 10 heteroatoms. The number of fused-ring (bicyclic) bond motifs is 1. The third kappa shape index (κ3) is 3.38. The zero-order chi connectivity index (χ0) is 19.8. The third-order valence-corrected chi connectivity index (χ3v) is 5.26. The summed E-state index contributed by atoms with van der Waals surface area (Å²) >= 11 is 6.26. The number of halogens is 1. The number of pyridine rings is 1. The average molecular weight is 403 g/mol. The number of nitrogen functional groups attached to an aromatic ring is 2. The second kappa shape index (κ2) is 7.33. The van der Waals surface area contributed by atoms with Crippen LogP contribution in [0.3, 0.4) is 0 Å². The molecule has 148 valence electrons. The highest BCUT2D eigenvalue weighted by molar-refractivity contribution is 6.35. The van der Waals surface area contributed by atoms with Crippen LogP contribution >= 0.6 is 11.6 Å². The number of nitrogens with zero attached hydrogens (tertiary/aromatic N) is 5. The van der Waals surface area contributed by atoms with Crippen LogP contribution in [0.15, 0.2) is 18.3 Å². The van der Waals surface area contributed by atoms with Crippen molar-refractivity contribution in [2.75, 3.05) is 48.0 Å². The molecule has 1 atom stereocenters.